The van der Waals surface area contributed by atoms with Gasteiger partial charge in [-0.25, -0.2) is 0 Å². The van der Waals surface area contributed by atoms with Gasteiger partial charge in [0.05, 0.1) is 0 Å². The maximum Gasteiger partial charge on any atom is 3.00 e. The summed E-state index contributed by atoms with van der Waals surface area (Å²) in [4.78, 5) is 0. The second-order valence-corrected chi connectivity index (χ2v) is 9.42. The van der Waals surface area contributed by atoms with Gasteiger partial charge in [-0.05, 0) is 48.5 Å². The van der Waals surface area contributed by atoms with E-state index in [1.54, 1.807) is 0 Å². The summed E-state index contributed by atoms with van der Waals surface area (Å²) in [6.07, 6.45) is 0. The minimum atomic E-state index is -1.91. The fourth-order valence-corrected chi connectivity index (χ4v) is 7.77. The van der Waals surface area contributed by atoms with E-state index in [-0.39, 0.29) is 39.6 Å². The standard InChI is InChI=1S/C24H20P.4P/c1-5-13-21(14-6-1)25(22-15-7-2-8-16-22,23-17-9-3-10-18-23)24-19-11-4-12-20-24;;;;/h1-20H;;;;/q+1;4*+3. The van der Waals surface area contributed by atoms with Crippen LogP contribution < -0.4 is 21.2 Å². The zero-order valence-corrected chi connectivity index (χ0v) is 20.3. The molecule has 4 rings (SSSR count). The summed E-state index contributed by atoms with van der Waals surface area (Å²) in [6, 6.07) is 43.8. The second kappa shape index (κ2) is 13.4. The molecule has 0 spiro atoms. The Balaban J connectivity index is 0.00000196. The van der Waals surface area contributed by atoms with Crippen molar-refractivity contribution in [2.45, 2.75) is 0 Å². The van der Waals surface area contributed by atoms with Crippen molar-refractivity contribution in [3.05, 3.63) is 121 Å². The van der Waals surface area contributed by atoms with E-state index in [0.717, 1.165) is 0 Å². The van der Waals surface area contributed by atoms with Gasteiger partial charge in [0.1, 0.15) is 28.5 Å². The van der Waals surface area contributed by atoms with Crippen LogP contribution in [0.2, 0.25) is 0 Å². The Hall–Kier alpha value is -0.970. The molecule has 0 aromatic heterocycles. The second-order valence-electron chi connectivity index (χ2n) is 6.01. The van der Waals surface area contributed by atoms with Crippen molar-refractivity contribution in [1.82, 2.24) is 0 Å². The Morgan fingerprint density at radius 2 is 0.448 bits per heavy atom. The Morgan fingerprint density at radius 1 is 0.276 bits per heavy atom. The molecule has 0 unspecified atom stereocenters. The quantitative estimate of drug-likeness (QED) is 0.272. The average Bonchev–Trinajstić information content (AvgIpc) is 2.72. The fraction of sp³-hybridized carbons (Fsp3) is 0. The Kier molecular flexibility index (Phi) is 12.9. The predicted octanol–water partition coefficient (Wildman–Crippen LogP) is 7.75. The van der Waals surface area contributed by atoms with Crippen LogP contribution in [-0.2, 0) is 0 Å². The topological polar surface area (TPSA) is 0 Å². The van der Waals surface area contributed by atoms with Gasteiger partial charge in [0.25, 0.3) is 0 Å². The van der Waals surface area contributed by atoms with Gasteiger partial charge in [-0.2, -0.15) is 0 Å². The first-order valence-electron chi connectivity index (χ1n) is 8.54. The van der Waals surface area contributed by atoms with Gasteiger partial charge in [-0.3, -0.25) is 0 Å². The minimum absolute atomic E-state index is 0. The van der Waals surface area contributed by atoms with Gasteiger partial charge in [0, 0.05) is 0 Å². The molecule has 0 aliphatic rings. The molecule has 4 aromatic carbocycles. The van der Waals surface area contributed by atoms with Gasteiger partial charge in [0.2, 0.25) is 0 Å². The molecule has 0 nitrogen and oxygen atoms in total. The van der Waals surface area contributed by atoms with Crippen LogP contribution in [0.15, 0.2) is 121 Å². The molecule has 4 aromatic rings. The van der Waals surface area contributed by atoms with E-state index < -0.39 is 7.26 Å². The van der Waals surface area contributed by atoms with Crippen molar-refractivity contribution < 1.29 is 0 Å². The van der Waals surface area contributed by atoms with Crippen molar-refractivity contribution >= 4 is 68.1 Å². The molecule has 0 N–H and O–H groups in total. The first-order valence-corrected chi connectivity index (χ1v) is 10.3. The predicted molar refractivity (Wildman–Crippen MR) is 139 cm³/mol. The molecule has 0 atom stereocenters. The van der Waals surface area contributed by atoms with Crippen molar-refractivity contribution in [2.75, 3.05) is 0 Å². The first-order chi connectivity index (χ1) is 12.4. The SMILES string of the molecule is [P+3].[P+3].[P+3].[P+3].c1ccc([P+](c2ccccc2)(c2ccccc2)c2ccccc2)cc1. The van der Waals surface area contributed by atoms with E-state index >= 15 is 0 Å². The number of hydrogen-bond donors (Lipinski definition) is 0. The van der Waals surface area contributed by atoms with Crippen LogP contribution in [-0.4, -0.2) is 0 Å². The van der Waals surface area contributed by atoms with Crippen LogP contribution >= 0.6 is 46.9 Å². The third kappa shape index (κ3) is 5.59. The van der Waals surface area contributed by atoms with Crippen LogP contribution in [0.4, 0.5) is 0 Å². The molecule has 128 valence electrons. The molecule has 0 fully saturated rings. The molecule has 0 amide bonds. The summed E-state index contributed by atoms with van der Waals surface area (Å²) >= 11 is 0. The largest absolute Gasteiger partial charge is 3.00 e. The molecule has 0 saturated carbocycles. The molecule has 0 saturated heterocycles. The van der Waals surface area contributed by atoms with E-state index in [4.69, 9.17) is 0 Å². The third-order valence-electron chi connectivity index (χ3n) is 4.57. The number of hydrogen-bond acceptors (Lipinski definition) is 0. The number of rotatable bonds is 4. The Bertz CT molecular complexity index is 766. The molecule has 0 aliphatic carbocycles. The van der Waals surface area contributed by atoms with E-state index in [9.17, 15) is 0 Å². The van der Waals surface area contributed by atoms with Crippen LogP contribution in [0.25, 0.3) is 0 Å². The molecule has 0 heterocycles. The monoisotopic (exact) mass is 463 g/mol. The summed E-state index contributed by atoms with van der Waals surface area (Å²) in [5.74, 6) is 0. The minimum Gasteiger partial charge on any atom is -0.0620 e. The molecule has 8 radical (unpaired) electrons. The molecule has 29 heavy (non-hydrogen) atoms. The van der Waals surface area contributed by atoms with Gasteiger partial charge < -0.3 is 0 Å². The van der Waals surface area contributed by atoms with Crippen molar-refractivity contribution in [2.24, 2.45) is 0 Å². The third-order valence-corrected chi connectivity index (χ3v) is 8.86. The van der Waals surface area contributed by atoms with Crippen molar-refractivity contribution in [3.63, 3.8) is 0 Å². The van der Waals surface area contributed by atoms with Gasteiger partial charge in [0.15, 0.2) is 0 Å². The molecule has 0 bridgehead atoms. The summed E-state index contributed by atoms with van der Waals surface area (Å²) in [5, 5.41) is 5.55. The van der Waals surface area contributed by atoms with Crippen molar-refractivity contribution in [3.8, 4) is 0 Å². The van der Waals surface area contributed by atoms with Gasteiger partial charge in [-0.1, -0.05) is 72.8 Å². The van der Waals surface area contributed by atoms with Crippen LogP contribution in [0, 0.1) is 0 Å². The molecule has 0 aliphatic heterocycles. The Labute approximate surface area is 189 Å². The fourth-order valence-electron chi connectivity index (χ4n) is 3.50. The molecular weight excluding hydrogens is 443 g/mol. The number of benzene rings is 4. The van der Waals surface area contributed by atoms with Crippen LogP contribution in [0.5, 0.6) is 0 Å². The smallest absolute Gasteiger partial charge is 0.0620 e. The maximum absolute atomic E-state index is 2.28. The maximum atomic E-state index is 2.28. The van der Waals surface area contributed by atoms with Crippen molar-refractivity contribution in [1.29, 1.82) is 0 Å². The van der Waals surface area contributed by atoms with Gasteiger partial charge >= 0.3 is 39.6 Å². The van der Waals surface area contributed by atoms with E-state index in [1.807, 2.05) is 0 Å². The van der Waals surface area contributed by atoms with E-state index in [1.165, 1.54) is 21.2 Å². The van der Waals surface area contributed by atoms with Crippen LogP contribution in [0.3, 0.4) is 0 Å². The summed E-state index contributed by atoms with van der Waals surface area (Å²) in [7, 11) is -1.91. The Morgan fingerprint density at radius 3 is 0.621 bits per heavy atom. The summed E-state index contributed by atoms with van der Waals surface area (Å²) in [6.45, 7) is 0. The zero-order valence-electron chi connectivity index (χ0n) is 15.8. The zero-order chi connectivity index (χ0) is 17.0. The summed E-state index contributed by atoms with van der Waals surface area (Å²) in [5.41, 5.74) is 0. The normalized spacial score (nSPS) is 9.66. The molecule has 5 heteroatoms. The van der Waals surface area contributed by atoms with Gasteiger partial charge in [-0.15, -0.1) is 0 Å². The average molecular weight is 463 g/mol. The first kappa shape index (κ1) is 28.0. The van der Waals surface area contributed by atoms with Crippen LogP contribution in [0.1, 0.15) is 0 Å². The summed E-state index contributed by atoms with van der Waals surface area (Å²) < 4.78 is 0. The van der Waals surface area contributed by atoms with E-state index in [2.05, 4.69) is 121 Å². The van der Waals surface area contributed by atoms with E-state index in [0.29, 0.717) is 0 Å². The molecular formula is C24H20P5+13.